The van der Waals surface area contributed by atoms with Gasteiger partial charge in [0.25, 0.3) is 0 Å². The molecule has 0 bridgehead atoms. The van der Waals surface area contributed by atoms with Crippen molar-refractivity contribution in [2.45, 2.75) is 64.7 Å². The smallest absolute Gasteiger partial charge is 0.412 e. The molecule has 2 amide bonds. The van der Waals surface area contributed by atoms with Gasteiger partial charge in [0, 0.05) is 19.5 Å². The molecule has 0 aliphatic rings. The molecule has 0 fully saturated rings. The second-order valence-electron chi connectivity index (χ2n) is 12.2. The summed E-state index contributed by atoms with van der Waals surface area (Å²) in [5.41, 5.74) is 1.23. The van der Waals surface area contributed by atoms with Crippen molar-refractivity contribution in [3.63, 3.8) is 0 Å². The molecule has 0 aromatic heterocycles. The Balaban J connectivity index is 1.60. The van der Waals surface area contributed by atoms with Crippen LogP contribution in [0.25, 0.3) is 12.2 Å². The number of aromatic hydroxyl groups is 1. The molecule has 0 aliphatic heterocycles. The zero-order valence-corrected chi connectivity index (χ0v) is 32.8. The zero-order valence-electron chi connectivity index (χ0n) is 32.8. The van der Waals surface area contributed by atoms with Crippen LogP contribution in [0.1, 0.15) is 75.8 Å². The number of benzene rings is 2. The van der Waals surface area contributed by atoms with Gasteiger partial charge in [-0.05, 0) is 92.5 Å². The minimum absolute atomic E-state index is 0.0164. The van der Waals surface area contributed by atoms with Crippen LogP contribution in [0.15, 0.2) is 121 Å². The van der Waals surface area contributed by atoms with Crippen molar-refractivity contribution < 1.29 is 38.5 Å². The lowest BCUT2D eigenvalue weighted by molar-refractivity contribution is -0.122. The van der Waals surface area contributed by atoms with Crippen LogP contribution in [0.4, 0.5) is 4.79 Å². The Kier molecular flexibility index (Phi) is 24.0. The minimum Gasteiger partial charge on any atom is -0.504 e. The number of ether oxygens (including phenoxy) is 3. The highest BCUT2D eigenvalue weighted by Crippen LogP contribution is 2.29. The molecule has 298 valence electrons. The van der Waals surface area contributed by atoms with Crippen molar-refractivity contribution >= 4 is 35.7 Å². The van der Waals surface area contributed by atoms with Gasteiger partial charge in [0.15, 0.2) is 34.6 Å². The lowest BCUT2D eigenvalue weighted by Gasteiger charge is -2.11. The molecule has 10 heteroatoms. The molecule has 0 radical (unpaired) electrons. The van der Waals surface area contributed by atoms with Crippen molar-refractivity contribution in [3.8, 4) is 23.0 Å². The van der Waals surface area contributed by atoms with Crippen LogP contribution in [0.5, 0.6) is 23.0 Å². The average molecular weight is 765 g/mol. The number of hydrogen-bond donors (Lipinski definition) is 3. The maximum Gasteiger partial charge on any atom is 0.412 e. The summed E-state index contributed by atoms with van der Waals surface area (Å²) >= 11 is 0. The van der Waals surface area contributed by atoms with Crippen LogP contribution in [0.2, 0.25) is 0 Å². The van der Waals surface area contributed by atoms with E-state index in [4.69, 9.17) is 14.2 Å². The Hall–Kier alpha value is -6.16. The largest absolute Gasteiger partial charge is 0.504 e. The number of ketones is 2. The molecule has 0 atom stereocenters. The van der Waals surface area contributed by atoms with E-state index in [1.165, 1.54) is 50.7 Å². The third-order valence-corrected chi connectivity index (χ3v) is 7.72. The summed E-state index contributed by atoms with van der Waals surface area (Å²) in [6, 6.07) is 9.39. The van der Waals surface area contributed by atoms with Crippen molar-refractivity contribution in [1.82, 2.24) is 10.6 Å². The van der Waals surface area contributed by atoms with Crippen molar-refractivity contribution in [3.05, 3.63) is 133 Å². The summed E-state index contributed by atoms with van der Waals surface area (Å²) in [6.07, 6.45) is 37.0. The third-order valence-electron chi connectivity index (χ3n) is 7.72. The third kappa shape index (κ3) is 21.5. The summed E-state index contributed by atoms with van der Waals surface area (Å²) < 4.78 is 15.8. The van der Waals surface area contributed by atoms with Gasteiger partial charge in [-0.2, -0.15) is 0 Å². The first-order valence-corrected chi connectivity index (χ1v) is 18.8. The van der Waals surface area contributed by atoms with Crippen molar-refractivity contribution in [1.29, 1.82) is 0 Å². The highest BCUT2D eigenvalue weighted by molar-refractivity contribution is 6.10. The number of nitrogens with one attached hydrogen (secondary N) is 2. The fourth-order valence-corrected chi connectivity index (χ4v) is 4.78. The molecule has 0 saturated carbocycles. The highest BCUT2D eigenvalue weighted by atomic mass is 16.6. The van der Waals surface area contributed by atoms with E-state index >= 15 is 0 Å². The molecule has 0 saturated heterocycles. The summed E-state index contributed by atoms with van der Waals surface area (Å²) in [6.45, 7) is 2.56. The Morgan fingerprint density at radius 2 is 1.09 bits per heavy atom. The van der Waals surface area contributed by atoms with Crippen LogP contribution in [0.3, 0.4) is 0 Å². The SMILES string of the molecule is CCC=CCC=CCC=CCC=CCC=CCC=CCCC(=O)NCCNC(=O)Oc1ccc(C=CC(=O)CC(=O)C=Cc2ccc(O)c(OC)c2)cc1OC. The molecule has 2 aromatic rings. The van der Waals surface area contributed by atoms with Gasteiger partial charge < -0.3 is 30.0 Å². The van der Waals surface area contributed by atoms with Gasteiger partial charge in [-0.1, -0.05) is 104 Å². The quantitative estimate of drug-likeness (QED) is 0.0373. The average Bonchev–Trinajstić information content (AvgIpc) is 3.19. The fraction of sp³-hybridized carbons (Fsp3) is 0.304. The van der Waals surface area contributed by atoms with E-state index in [0.717, 1.165) is 38.5 Å². The van der Waals surface area contributed by atoms with Crippen molar-refractivity contribution in [2.24, 2.45) is 0 Å². The molecule has 2 aromatic carbocycles. The maximum atomic E-state index is 12.4. The number of carbonyl (C=O) groups excluding carboxylic acids is 4. The van der Waals surface area contributed by atoms with Crippen LogP contribution in [-0.2, 0) is 14.4 Å². The number of allylic oxidation sites excluding steroid dienone is 14. The van der Waals surface area contributed by atoms with E-state index in [0.29, 0.717) is 24.0 Å². The van der Waals surface area contributed by atoms with E-state index in [1.807, 2.05) is 12.2 Å². The number of carbonyl (C=O) groups is 4. The number of phenols is 1. The lowest BCUT2D eigenvalue weighted by Crippen LogP contribution is -2.35. The van der Waals surface area contributed by atoms with Gasteiger partial charge in [-0.25, -0.2) is 4.79 Å². The summed E-state index contributed by atoms with van der Waals surface area (Å²) in [5.74, 6) is -0.213. The fourth-order valence-electron chi connectivity index (χ4n) is 4.78. The molecule has 3 N–H and O–H groups in total. The normalized spacial score (nSPS) is 12.1. The van der Waals surface area contributed by atoms with E-state index in [9.17, 15) is 24.3 Å². The van der Waals surface area contributed by atoms with E-state index in [1.54, 1.807) is 24.3 Å². The van der Waals surface area contributed by atoms with Crippen LogP contribution >= 0.6 is 0 Å². The first-order valence-electron chi connectivity index (χ1n) is 18.8. The van der Waals surface area contributed by atoms with Gasteiger partial charge in [0.2, 0.25) is 5.91 Å². The van der Waals surface area contributed by atoms with E-state index < -0.39 is 11.9 Å². The molecule has 2 rings (SSSR count). The Morgan fingerprint density at radius 3 is 1.62 bits per heavy atom. The molecule has 0 unspecified atom stereocenters. The first kappa shape index (κ1) is 46.0. The van der Waals surface area contributed by atoms with Crippen LogP contribution < -0.4 is 24.8 Å². The van der Waals surface area contributed by atoms with Crippen LogP contribution in [0, 0.1) is 0 Å². The Morgan fingerprint density at radius 1 is 0.607 bits per heavy atom. The minimum atomic E-state index is -0.716. The molecule has 56 heavy (non-hydrogen) atoms. The van der Waals surface area contributed by atoms with E-state index in [2.05, 4.69) is 78.3 Å². The Labute approximate surface area is 331 Å². The van der Waals surface area contributed by atoms with E-state index in [-0.39, 0.29) is 54.2 Å². The monoisotopic (exact) mass is 764 g/mol. The summed E-state index contributed by atoms with van der Waals surface area (Å²) in [5, 5.41) is 15.1. The predicted molar refractivity (Wildman–Crippen MR) is 225 cm³/mol. The summed E-state index contributed by atoms with van der Waals surface area (Å²) in [7, 11) is 2.84. The standard InChI is InChI=1S/C46H56N2O8/c1-4-5-6-7-8-9-10-11-12-13-14-15-16-17-18-19-20-21-22-23-45(52)47-32-33-48-46(53)56-42-31-27-38(35-44(42)55-3)25-29-40(50)36-39(49)28-24-37-26-30-41(51)43(34-37)54-2/h5-6,8-9,11-12,14-15,17-18,20-21,24-31,34-35,51H,4,7,10,13,16,19,22-23,32-33,36H2,1-3H3,(H,47,52)(H,48,53). The topological polar surface area (TPSA) is 140 Å². The highest BCUT2D eigenvalue weighted by Gasteiger charge is 2.11. The molecule has 0 spiro atoms. The number of phenolic OH excluding ortho intramolecular Hbond substituents is 1. The lowest BCUT2D eigenvalue weighted by atomic mass is 10.1. The van der Waals surface area contributed by atoms with Gasteiger partial charge >= 0.3 is 6.09 Å². The van der Waals surface area contributed by atoms with Gasteiger partial charge in [0.1, 0.15) is 0 Å². The first-order chi connectivity index (χ1) is 27.2. The van der Waals surface area contributed by atoms with Gasteiger partial charge in [0.05, 0.1) is 20.6 Å². The number of rotatable bonds is 26. The van der Waals surface area contributed by atoms with Crippen molar-refractivity contribution in [2.75, 3.05) is 27.3 Å². The second-order valence-corrected chi connectivity index (χ2v) is 12.2. The molecular weight excluding hydrogens is 709 g/mol. The van der Waals surface area contributed by atoms with Crippen LogP contribution in [-0.4, -0.2) is 56.0 Å². The summed E-state index contributed by atoms with van der Waals surface area (Å²) in [4.78, 5) is 49.1. The zero-order chi connectivity index (χ0) is 40.6. The number of hydrogen-bond acceptors (Lipinski definition) is 8. The number of amides is 2. The molecule has 0 aliphatic carbocycles. The van der Waals surface area contributed by atoms with Gasteiger partial charge in [-0.3, -0.25) is 14.4 Å². The molecule has 0 heterocycles. The second kappa shape index (κ2) is 29.2. The predicted octanol–water partition coefficient (Wildman–Crippen LogP) is 9.35. The molecular formula is C46H56N2O8. The number of methoxy groups -OCH3 is 2. The maximum absolute atomic E-state index is 12.4. The molecule has 10 nitrogen and oxygen atoms in total. The van der Waals surface area contributed by atoms with Gasteiger partial charge in [-0.15, -0.1) is 0 Å². The Bertz CT molecular complexity index is 1780.